The van der Waals surface area contributed by atoms with Crippen molar-refractivity contribution in [2.75, 3.05) is 6.61 Å². The van der Waals surface area contributed by atoms with E-state index in [1.807, 2.05) is 17.6 Å². The van der Waals surface area contributed by atoms with Crippen LogP contribution in [0.2, 0.25) is 0 Å². The molecule has 2 aromatic heterocycles. The molecular formula is C17H18N4O3S. The van der Waals surface area contributed by atoms with Crippen molar-refractivity contribution in [2.45, 2.75) is 20.4 Å². The average Bonchev–Trinajstić information content (AvgIpc) is 3.17. The molecule has 0 N–H and O–H groups in total. The minimum atomic E-state index is -0.356. The van der Waals surface area contributed by atoms with Gasteiger partial charge in [0.15, 0.2) is 4.80 Å². The molecule has 0 bridgehead atoms. The summed E-state index contributed by atoms with van der Waals surface area (Å²) >= 11 is 1.37. The fourth-order valence-electron chi connectivity index (χ4n) is 2.53. The van der Waals surface area contributed by atoms with Gasteiger partial charge in [-0.1, -0.05) is 11.3 Å². The number of amides is 1. The number of carbonyl (C=O) groups is 2. The lowest BCUT2D eigenvalue weighted by Gasteiger charge is -2.03. The molecule has 2 heterocycles. The third kappa shape index (κ3) is 3.25. The summed E-state index contributed by atoms with van der Waals surface area (Å²) in [5.74, 6) is -0.704. The van der Waals surface area contributed by atoms with Gasteiger partial charge in [-0.15, -0.1) is 0 Å². The number of aromatic nitrogens is 3. The van der Waals surface area contributed by atoms with E-state index in [1.54, 1.807) is 38.4 Å². The Bertz CT molecular complexity index is 1010. The molecular weight excluding hydrogens is 340 g/mol. The zero-order chi connectivity index (χ0) is 18.0. The molecule has 1 amide bonds. The van der Waals surface area contributed by atoms with E-state index in [4.69, 9.17) is 4.74 Å². The zero-order valence-electron chi connectivity index (χ0n) is 14.2. The summed E-state index contributed by atoms with van der Waals surface area (Å²) in [7, 11) is 1.70. The minimum absolute atomic E-state index is 0.329. The van der Waals surface area contributed by atoms with Crippen LogP contribution in [-0.4, -0.2) is 32.8 Å². The predicted octanol–water partition coefficient (Wildman–Crippen LogP) is 2.37. The maximum absolute atomic E-state index is 12.4. The lowest BCUT2D eigenvalue weighted by molar-refractivity contribution is 0.0526. The Morgan fingerprint density at radius 2 is 2.08 bits per heavy atom. The largest absolute Gasteiger partial charge is 0.462 e. The molecule has 130 valence electrons. The Morgan fingerprint density at radius 1 is 1.28 bits per heavy atom. The van der Waals surface area contributed by atoms with Crippen LogP contribution >= 0.6 is 11.3 Å². The van der Waals surface area contributed by atoms with Crippen LogP contribution in [-0.2, 0) is 18.3 Å². The summed E-state index contributed by atoms with van der Waals surface area (Å²) in [6, 6.07) is 6.99. The molecule has 0 radical (unpaired) electrons. The van der Waals surface area contributed by atoms with Gasteiger partial charge in [-0.2, -0.15) is 10.1 Å². The van der Waals surface area contributed by atoms with Gasteiger partial charge >= 0.3 is 5.97 Å². The Labute approximate surface area is 148 Å². The Hall–Kier alpha value is -2.74. The smallest absolute Gasteiger partial charge is 0.338 e. The number of fused-ring (bicyclic) bond motifs is 1. The minimum Gasteiger partial charge on any atom is -0.462 e. The van der Waals surface area contributed by atoms with Crippen molar-refractivity contribution in [1.29, 1.82) is 0 Å². The summed E-state index contributed by atoms with van der Waals surface area (Å²) in [5.41, 5.74) is 1.84. The molecule has 0 saturated carbocycles. The molecule has 0 aliphatic carbocycles. The van der Waals surface area contributed by atoms with Crippen molar-refractivity contribution in [1.82, 2.24) is 14.3 Å². The number of aryl methyl sites for hydroxylation is 2. The molecule has 0 fully saturated rings. The number of benzene rings is 1. The van der Waals surface area contributed by atoms with E-state index < -0.39 is 0 Å². The summed E-state index contributed by atoms with van der Waals surface area (Å²) < 4.78 is 9.36. The number of rotatable bonds is 4. The quantitative estimate of drug-likeness (QED) is 0.671. The number of hydrogen-bond donors (Lipinski definition) is 0. The average molecular weight is 358 g/mol. The maximum atomic E-state index is 12.4. The van der Waals surface area contributed by atoms with Gasteiger partial charge in [-0.25, -0.2) is 4.79 Å². The second-order valence-electron chi connectivity index (χ2n) is 5.29. The fourth-order valence-corrected chi connectivity index (χ4v) is 3.66. The molecule has 25 heavy (non-hydrogen) atoms. The first-order valence-electron chi connectivity index (χ1n) is 7.92. The highest BCUT2D eigenvalue weighted by atomic mass is 32.1. The van der Waals surface area contributed by atoms with Gasteiger partial charge < -0.3 is 9.30 Å². The zero-order valence-corrected chi connectivity index (χ0v) is 15.0. The summed E-state index contributed by atoms with van der Waals surface area (Å²) in [4.78, 5) is 29.1. The molecule has 8 heteroatoms. The molecule has 0 atom stereocenters. The Balaban J connectivity index is 2.09. The SMILES string of the molecule is CCOC(=O)c1ccc2c(c1)sc(=NC(=O)c1ccnn1C)n2CC. The van der Waals surface area contributed by atoms with Crippen LogP contribution in [0, 0.1) is 0 Å². The number of ether oxygens (including phenoxy) is 1. The summed E-state index contributed by atoms with van der Waals surface area (Å²) in [5, 5.41) is 3.99. The normalized spacial score (nSPS) is 11.9. The number of nitrogens with zero attached hydrogens (tertiary/aromatic N) is 4. The standard InChI is InChI=1S/C17H18N4O3S/c1-4-21-12-7-6-11(16(23)24-5-2)10-14(12)25-17(21)19-15(22)13-8-9-18-20(13)3/h6-10H,4-5H2,1-3H3. The highest BCUT2D eigenvalue weighted by molar-refractivity contribution is 7.16. The van der Waals surface area contributed by atoms with E-state index in [0.717, 1.165) is 10.2 Å². The van der Waals surface area contributed by atoms with Crippen LogP contribution < -0.4 is 4.80 Å². The molecule has 0 spiro atoms. The molecule has 0 unspecified atom stereocenters. The van der Waals surface area contributed by atoms with Gasteiger partial charge in [0.2, 0.25) is 0 Å². The van der Waals surface area contributed by atoms with E-state index in [1.165, 1.54) is 16.0 Å². The van der Waals surface area contributed by atoms with Crippen LogP contribution in [0.15, 0.2) is 35.5 Å². The molecule has 3 rings (SSSR count). The van der Waals surface area contributed by atoms with Crippen molar-refractivity contribution in [3.8, 4) is 0 Å². The van der Waals surface area contributed by atoms with Crippen molar-refractivity contribution in [3.05, 3.63) is 46.5 Å². The van der Waals surface area contributed by atoms with Gasteiger partial charge in [0.05, 0.1) is 22.4 Å². The van der Waals surface area contributed by atoms with E-state index in [-0.39, 0.29) is 11.9 Å². The van der Waals surface area contributed by atoms with Crippen molar-refractivity contribution in [3.63, 3.8) is 0 Å². The number of thiazole rings is 1. The van der Waals surface area contributed by atoms with Crippen LogP contribution in [0.1, 0.15) is 34.7 Å². The number of hydrogen-bond acceptors (Lipinski definition) is 5. The lowest BCUT2D eigenvalue weighted by Crippen LogP contribution is -2.17. The molecule has 1 aromatic carbocycles. The van der Waals surface area contributed by atoms with Crippen molar-refractivity contribution < 1.29 is 14.3 Å². The lowest BCUT2D eigenvalue weighted by atomic mass is 10.2. The first-order valence-corrected chi connectivity index (χ1v) is 8.74. The van der Waals surface area contributed by atoms with E-state index >= 15 is 0 Å². The first kappa shape index (κ1) is 17.1. The van der Waals surface area contributed by atoms with Gasteiger partial charge in [-0.05, 0) is 38.1 Å². The number of carbonyl (C=O) groups excluding carboxylic acids is 2. The molecule has 3 aromatic rings. The third-order valence-electron chi connectivity index (χ3n) is 3.75. The van der Waals surface area contributed by atoms with Crippen LogP contribution in [0.25, 0.3) is 10.2 Å². The predicted molar refractivity (Wildman–Crippen MR) is 94.5 cm³/mol. The monoisotopic (exact) mass is 358 g/mol. The topological polar surface area (TPSA) is 78.5 Å². The fraction of sp³-hybridized carbons (Fsp3) is 0.294. The van der Waals surface area contributed by atoms with Gasteiger partial charge in [-0.3, -0.25) is 9.48 Å². The molecule has 7 nitrogen and oxygen atoms in total. The summed E-state index contributed by atoms with van der Waals surface area (Å²) in [6.45, 7) is 4.75. The van der Waals surface area contributed by atoms with E-state index in [2.05, 4.69) is 10.1 Å². The van der Waals surface area contributed by atoms with E-state index in [0.29, 0.717) is 29.2 Å². The first-order chi connectivity index (χ1) is 12.0. The third-order valence-corrected chi connectivity index (χ3v) is 4.79. The maximum Gasteiger partial charge on any atom is 0.338 e. The van der Waals surface area contributed by atoms with Gasteiger partial charge in [0.1, 0.15) is 5.69 Å². The van der Waals surface area contributed by atoms with Crippen LogP contribution in [0.3, 0.4) is 0 Å². The van der Waals surface area contributed by atoms with Crippen molar-refractivity contribution in [2.24, 2.45) is 12.0 Å². The highest BCUT2D eigenvalue weighted by Crippen LogP contribution is 2.20. The van der Waals surface area contributed by atoms with Crippen LogP contribution in [0.5, 0.6) is 0 Å². The van der Waals surface area contributed by atoms with E-state index in [9.17, 15) is 9.59 Å². The second-order valence-corrected chi connectivity index (χ2v) is 6.30. The highest BCUT2D eigenvalue weighted by Gasteiger charge is 2.13. The number of esters is 1. The molecule has 0 saturated heterocycles. The second kappa shape index (κ2) is 7.02. The van der Waals surface area contributed by atoms with Gasteiger partial charge in [0.25, 0.3) is 5.91 Å². The van der Waals surface area contributed by atoms with Gasteiger partial charge in [0, 0.05) is 19.8 Å². The van der Waals surface area contributed by atoms with Crippen molar-refractivity contribution >= 4 is 33.4 Å². The molecule has 0 aliphatic heterocycles. The van der Waals surface area contributed by atoms with Crippen LogP contribution in [0.4, 0.5) is 0 Å². The Morgan fingerprint density at radius 3 is 2.72 bits per heavy atom. The summed E-state index contributed by atoms with van der Waals surface area (Å²) in [6.07, 6.45) is 1.56. The molecule has 0 aliphatic rings. The Kier molecular flexibility index (Phi) is 4.80.